The highest BCUT2D eigenvalue weighted by molar-refractivity contribution is 7.10. The maximum atomic E-state index is 5.74. The smallest absolute Gasteiger partial charge is 0.132 e. The van der Waals surface area contributed by atoms with Gasteiger partial charge in [0.05, 0.1) is 25.4 Å². The van der Waals surface area contributed by atoms with Gasteiger partial charge in [-0.25, -0.2) is 4.98 Å². The van der Waals surface area contributed by atoms with Crippen molar-refractivity contribution in [3.8, 4) is 22.8 Å². The molecule has 0 atom stereocenters. The van der Waals surface area contributed by atoms with Crippen molar-refractivity contribution < 1.29 is 9.47 Å². The van der Waals surface area contributed by atoms with E-state index in [9.17, 15) is 0 Å². The molecular formula is C13H16N2O2S. The summed E-state index contributed by atoms with van der Waals surface area (Å²) in [6.45, 7) is 2.46. The summed E-state index contributed by atoms with van der Waals surface area (Å²) in [6, 6.07) is 3.84. The first-order valence-corrected chi connectivity index (χ1v) is 6.44. The minimum Gasteiger partial charge on any atom is -0.496 e. The molecule has 0 spiro atoms. The minimum absolute atomic E-state index is 0.420. The van der Waals surface area contributed by atoms with Crippen molar-refractivity contribution in [2.75, 3.05) is 14.2 Å². The first-order chi connectivity index (χ1) is 8.71. The predicted octanol–water partition coefficient (Wildman–Crippen LogP) is 2.59. The van der Waals surface area contributed by atoms with Gasteiger partial charge in [0.15, 0.2) is 0 Å². The molecule has 0 fully saturated rings. The molecule has 5 heteroatoms. The average Bonchev–Trinajstić information content (AvgIpc) is 2.83. The second-order valence-electron chi connectivity index (χ2n) is 3.83. The van der Waals surface area contributed by atoms with Crippen LogP contribution in [0.25, 0.3) is 11.3 Å². The first kappa shape index (κ1) is 12.9. The van der Waals surface area contributed by atoms with E-state index in [1.807, 2.05) is 24.6 Å². The Morgan fingerprint density at radius 1 is 1.22 bits per heavy atom. The zero-order chi connectivity index (χ0) is 13.1. The normalized spacial score (nSPS) is 10.4. The number of thiazole rings is 1. The van der Waals surface area contributed by atoms with E-state index >= 15 is 0 Å². The molecule has 0 amide bonds. The molecule has 96 valence electrons. The Bertz CT molecular complexity index is 552. The maximum Gasteiger partial charge on any atom is 0.132 e. The molecule has 1 aromatic carbocycles. The van der Waals surface area contributed by atoms with Gasteiger partial charge in [-0.3, -0.25) is 0 Å². The number of rotatable bonds is 4. The predicted molar refractivity (Wildman–Crippen MR) is 73.3 cm³/mol. The fourth-order valence-corrected chi connectivity index (χ4v) is 2.46. The zero-order valence-electron chi connectivity index (χ0n) is 10.7. The van der Waals surface area contributed by atoms with E-state index in [1.165, 1.54) is 0 Å². The van der Waals surface area contributed by atoms with E-state index in [4.69, 9.17) is 15.2 Å². The summed E-state index contributed by atoms with van der Waals surface area (Å²) >= 11 is 1.61. The van der Waals surface area contributed by atoms with Gasteiger partial charge in [-0.15, -0.1) is 11.3 Å². The summed E-state index contributed by atoms with van der Waals surface area (Å²) in [7, 11) is 3.27. The fourth-order valence-electron chi connectivity index (χ4n) is 1.87. The van der Waals surface area contributed by atoms with E-state index in [0.717, 1.165) is 33.2 Å². The Kier molecular flexibility index (Phi) is 3.84. The van der Waals surface area contributed by atoms with Crippen LogP contribution < -0.4 is 15.2 Å². The molecule has 0 saturated carbocycles. The number of hydrogen-bond acceptors (Lipinski definition) is 5. The molecule has 0 radical (unpaired) electrons. The quantitative estimate of drug-likeness (QED) is 0.922. The third-order valence-electron chi connectivity index (χ3n) is 2.82. The number of benzene rings is 1. The maximum absolute atomic E-state index is 5.74. The number of aromatic nitrogens is 1. The lowest BCUT2D eigenvalue weighted by atomic mass is 10.0. The fraction of sp³-hybridized carbons (Fsp3) is 0.308. The van der Waals surface area contributed by atoms with Crippen molar-refractivity contribution >= 4 is 11.3 Å². The molecule has 0 unspecified atom stereocenters. The van der Waals surface area contributed by atoms with Crippen molar-refractivity contribution in [3.63, 3.8) is 0 Å². The summed E-state index contributed by atoms with van der Waals surface area (Å²) in [5.41, 5.74) is 10.4. The lowest BCUT2D eigenvalue weighted by Gasteiger charge is -2.13. The Labute approximate surface area is 110 Å². The third kappa shape index (κ3) is 2.19. The van der Waals surface area contributed by atoms with Gasteiger partial charge in [-0.2, -0.15) is 0 Å². The van der Waals surface area contributed by atoms with Gasteiger partial charge in [0.1, 0.15) is 11.5 Å². The van der Waals surface area contributed by atoms with Crippen LogP contribution in [0.2, 0.25) is 0 Å². The van der Waals surface area contributed by atoms with Crippen LogP contribution >= 0.6 is 11.3 Å². The number of methoxy groups -OCH3 is 2. The van der Waals surface area contributed by atoms with Crippen molar-refractivity contribution in [1.82, 2.24) is 4.98 Å². The standard InChI is InChI=1S/C13H16N2O2S/c1-8-13(15-7-18-8)10-4-9(6-14)11(16-2)5-12(10)17-3/h4-5,7H,6,14H2,1-3H3. The molecular weight excluding hydrogens is 248 g/mol. The monoisotopic (exact) mass is 264 g/mol. The third-order valence-corrected chi connectivity index (χ3v) is 3.58. The van der Waals surface area contributed by atoms with E-state index in [2.05, 4.69) is 4.98 Å². The number of nitrogens with zero attached hydrogens (tertiary/aromatic N) is 1. The van der Waals surface area contributed by atoms with Gasteiger partial charge in [0.25, 0.3) is 0 Å². The van der Waals surface area contributed by atoms with Crippen molar-refractivity contribution in [3.05, 3.63) is 28.1 Å². The second kappa shape index (κ2) is 5.37. The number of aryl methyl sites for hydroxylation is 1. The van der Waals surface area contributed by atoms with E-state index in [1.54, 1.807) is 25.6 Å². The van der Waals surface area contributed by atoms with Gasteiger partial charge >= 0.3 is 0 Å². The van der Waals surface area contributed by atoms with Gasteiger partial charge < -0.3 is 15.2 Å². The van der Waals surface area contributed by atoms with E-state index < -0.39 is 0 Å². The molecule has 0 bridgehead atoms. The topological polar surface area (TPSA) is 57.4 Å². The van der Waals surface area contributed by atoms with Crippen LogP contribution in [0.15, 0.2) is 17.6 Å². The summed E-state index contributed by atoms with van der Waals surface area (Å²) < 4.78 is 10.7. The first-order valence-electron chi connectivity index (χ1n) is 5.56. The average molecular weight is 264 g/mol. The van der Waals surface area contributed by atoms with Gasteiger partial charge in [-0.05, 0) is 13.0 Å². The van der Waals surface area contributed by atoms with Crippen LogP contribution in [0.5, 0.6) is 11.5 Å². The molecule has 0 aliphatic rings. The van der Waals surface area contributed by atoms with Crippen LogP contribution in [-0.4, -0.2) is 19.2 Å². The van der Waals surface area contributed by atoms with Crippen LogP contribution in [0.4, 0.5) is 0 Å². The van der Waals surface area contributed by atoms with Crippen molar-refractivity contribution in [2.24, 2.45) is 5.73 Å². The largest absolute Gasteiger partial charge is 0.496 e. The summed E-state index contributed by atoms with van der Waals surface area (Å²) in [5.74, 6) is 1.49. The van der Waals surface area contributed by atoms with Gasteiger partial charge in [0, 0.05) is 28.6 Å². The lowest BCUT2D eigenvalue weighted by Crippen LogP contribution is -2.02. The van der Waals surface area contributed by atoms with Gasteiger partial charge in [-0.1, -0.05) is 0 Å². The van der Waals surface area contributed by atoms with E-state index in [0.29, 0.717) is 6.54 Å². The Morgan fingerprint density at radius 3 is 2.44 bits per heavy atom. The highest BCUT2D eigenvalue weighted by Gasteiger charge is 2.15. The van der Waals surface area contributed by atoms with Crippen LogP contribution in [0.1, 0.15) is 10.4 Å². The van der Waals surface area contributed by atoms with Gasteiger partial charge in [0.2, 0.25) is 0 Å². The molecule has 0 aliphatic carbocycles. The minimum atomic E-state index is 0.420. The van der Waals surface area contributed by atoms with E-state index in [-0.39, 0.29) is 0 Å². The Balaban J connectivity index is 2.62. The second-order valence-corrected chi connectivity index (χ2v) is 4.88. The molecule has 2 aromatic rings. The van der Waals surface area contributed by atoms with Crippen molar-refractivity contribution in [1.29, 1.82) is 0 Å². The molecule has 2 N–H and O–H groups in total. The lowest BCUT2D eigenvalue weighted by molar-refractivity contribution is 0.392. The number of nitrogens with two attached hydrogens (primary N) is 1. The molecule has 18 heavy (non-hydrogen) atoms. The van der Waals surface area contributed by atoms with Crippen LogP contribution in [0.3, 0.4) is 0 Å². The number of ether oxygens (including phenoxy) is 2. The molecule has 4 nitrogen and oxygen atoms in total. The summed E-state index contributed by atoms with van der Waals surface area (Å²) in [4.78, 5) is 5.54. The molecule has 2 rings (SSSR count). The highest BCUT2D eigenvalue weighted by Crippen LogP contribution is 2.37. The summed E-state index contributed by atoms with van der Waals surface area (Å²) in [6.07, 6.45) is 0. The summed E-state index contributed by atoms with van der Waals surface area (Å²) in [5, 5.41) is 0. The molecule has 0 saturated heterocycles. The zero-order valence-corrected chi connectivity index (χ0v) is 11.5. The van der Waals surface area contributed by atoms with Crippen LogP contribution in [-0.2, 0) is 6.54 Å². The number of hydrogen-bond donors (Lipinski definition) is 1. The Morgan fingerprint density at radius 2 is 1.94 bits per heavy atom. The van der Waals surface area contributed by atoms with Crippen LogP contribution in [0, 0.1) is 6.92 Å². The highest BCUT2D eigenvalue weighted by atomic mass is 32.1. The Hall–Kier alpha value is -1.59. The van der Waals surface area contributed by atoms with Crippen molar-refractivity contribution in [2.45, 2.75) is 13.5 Å². The molecule has 1 heterocycles. The molecule has 1 aromatic heterocycles. The SMILES string of the molecule is COc1cc(OC)c(-c2ncsc2C)cc1CN. The molecule has 0 aliphatic heterocycles.